The second-order valence-corrected chi connectivity index (χ2v) is 5.46. The molecule has 0 aromatic rings. The number of rotatable bonds is 3. The Morgan fingerprint density at radius 2 is 1.82 bits per heavy atom. The van der Waals surface area contributed by atoms with E-state index < -0.39 is 5.60 Å². The minimum Gasteiger partial charge on any atom is -0.411 e. The zero-order chi connectivity index (χ0) is 12.1. The summed E-state index contributed by atoms with van der Waals surface area (Å²) in [4.78, 5) is 0. The molecule has 0 unspecified atom stereocenters. The van der Waals surface area contributed by atoms with Crippen molar-refractivity contribution in [3.8, 4) is 0 Å². The molecule has 0 radical (unpaired) electrons. The van der Waals surface area contributed by atoms with Crippen LogP contribution >= 0.6 is 0 Å². The first kappa shape index (κ1) is 12.8. The van der Waals surface area contributed by atoms with Crippen LogP contribution in [0.25, 0.3) is 0 Å². The molecule has 2 N–H and O–H groups in total. The Labute approximate surface area is 103 Å². The van der Waals surface area contributed by atoms with E-state index in [1.807, 2.05) is 0 Å². The molecular weight excluding hydrogens is 218 g/mol. The van der Waals surface area contributed by atoms with Crippen molar-refractivity contribution >= 4 is 5.71 Å². The first-order valence-corrected chi connectivity index (χ1v) is 6.76. The fourth-order valence-corrected chi connectivity index (χ4v) is 2.82. The summed E-state index contributed by atoms with van der Waals surface area (Å²) < 4.78 is 5.83. The van der Waals surface area contributed by atoms with Crippen LogP contribution < -0.4 is 0 Å². The predicted octanol–water partition coefficient (Wildman–Crippen LogP) is 2.47. The van der Waals surface area contributed by atoms with Crippen LogP contribution in [0.4, 0.5) is 0 Å². The van der Waals surface area contributed by atoms with Crippen LogP contribution in [-0.4, -0.2) is 34.3 Å². The summed E-state index contributed by atoms with van der Waals surface area (Å²) in [6, 6.07) is 0. The largest absolute Gasteiger partial charge is 0.411 e. The zero-order valence-electron chi connectivity index (χ0n) is 10.4. The van der Waals surface area contributed by atoms with Crippen molar-refractivity contribution < 1.29 is 15.1 Å². The van der Waals surface area contributed by atoms with Gasteiger partial charge in [-0.2, -0.15) is 0 Å². The van der Waals surface area contributed by atoms with Crippen molar-refractivity contribution in [2.24, 2.45) is 5.16 Å². The Morgan fingerprint density at radius 1 is 1.18 bits per heavy atom. The number of hydrogen-bond donors (Lipinski definition) is 2. The Morgan fingerprint density at radius 3 is 2.41 bits per heavy atom. The molecule has 0 aromatic heterocycles. The summed E-state index contributed by atoms with van der Waals surface area (Å²) in [5.74, 6) is 0. The first-order valence-electron chi connectivity index (χ1n) is 6.76. The molecule has 0 spiro atoms. The third-order valence-corrected chi connectivity index (χ3v) is 4.02. The highest BCUT2D eigenvalue weighted by molar-refractivity contribution is 5.84. The van der Waals surface area contributed by atoms with Crippen molar-refractivity contribution in [2.45, 2.75) is 69.5 Å². The summed E-state index contributed by atoms with van der Waals surface area (Å²) in [6.07, 6.45) is 8.92. The highest BCUT2D eigenvalue weighted by Gasteiger charge is 2.31. The van der Waals surface area contributed by atoms with Crippen molar-refractivity contribution in [3.05, 3.63) is 0 Å². The van der Waals surface area contributed by atoms with Crippen molar-refractivity contribution in [1.29, 1.82) is 0 Å². The van der Waals surface area contributed by atoms with E-state index in [9.17, 15) is 5.11 Å². The topological polar surface area (TPSA) is 62.1 Å². The quantitative estimate of drug-likeness (QED) is 0.589. The van der Waals surface area contributed by atoms with Gasteiger partial charge < -0.3 is 15.1 Å². The second kappa shape index (κ2) is 5.83. The summed E-state index contributed by atoms with van der Waals surface area (Å²) >= 11 is 0. The second-order valence-electron chi connectivity index (χ2n) is 5.46. The standard InChI is InChI=1S/C13H23NO3/c15-13(8-2-1-3-9-13)10-17-12-6-4-11(14-16)5-7-12/h12,15-16H,1-10H2. The molecule has 2 saturated carbocycles. The number of hydrogen-bond acceptors (Lipinski definition) is 4. The van der Waals surface area contributed by atoms with E-state index in [4.69, 9.17) is 9.94 Å². The van der Waals surface area contributed by atoms with Crippen molar-refractivity contribution in [2.75, 3.05) is 6.61 Å². The lowest BCUT2D eigenvalue weighted by Crippen LogP contribution is -2.38. The van der Waals surface area contributed by atoms with Crippen LogP contribution in [0.5, 0.6) is 0 Å². The minimum atomic E-state index is -0.580. The molecule has 4 heteroatoms. The van der Waals surface area contributed by atoms with Gasteiger partial charge in [0.1, 0.15) is 0 Å². The summed E-state index contributed by atoms with van der Waals surface area (Å²) in [6.45, 7) is 0.475. The Bertz CT molecular complexity index is 262. The zero-order valence-corrected chi connectivity index (χ0v) is 10.4. The van der Waals surface area contributed by atoms with Gasteiger partial charge in [0.05, 0.1) is 24.0 Å². The van der Waals surface area contributed by atoms with Crippen LogP contribution in [0.1, 0.15) is 57.8 Å². The molecule has 98 valence electrons. The van der Waals surface area contributed by atoms with Crippen molar-refractivity contribution in [3.63, 3.8) is 0 Å². The maximum absolute atomic E-state index is 10.3. The molecular formula is C13H23NO3. The normalized spacial score (nSPS) is 29.0. The van der Waals surface area contributed by atoms with Gasteiger partial charge in [-0.1, -0.05) is 24.4 Å². The van der Waals surface area contributed by atoms with Gasteiger partial charge >= 0.3 is 0 Å². The fraction of sp³-hybridized carbons (Fsp3) is 0.923. The van der Waals surface area contributed by atoms with Gasteiger partial charge in [-0.05, 0) is 38.5 Å². The predicted molar refractivity (Wildman–Crippen MR) is 65.5 cm³/mol. The first-order chi connectivity index (χ1) is 8.22. The fourth-order valence-electron chi connectivity index (χ4n) is 2.82. The van der Waals surface area contributed by atoms with Gasteiger partial charge in [-0.3, -0.25) is 0 Å². The van der Waals surface area contributed by atoms with Gasteiger partial charge in [-0.15, -0.1) is 0 Å². The molecule has 0 aliphatic heterocycles. The number of aliphatic hydroxyl groups is 1. The molecule has 2 fully saturated rings. The van der Waals surface area contributed by atoms with E-state index in [1.54, 1.807) is 0 Å². The smallest absolute Gasteiger partial charge is 0.0880 e. The molecule has 4 nitrogen and oxygen atoms in total. The minimum absolute atomic E-state index is 0.228. The van der Waals surface area contributed by atoms with E-state index in [-0.39, 0.29) is 6.10 Å². The SMILES string of the molecule is ON=C1CCC(OCC2(O)CCCCC2)CC1. The maximum atomic E-state index is 10.3. The lowest BCUT2D eigenvalue weighted by Gasteiger charge is -2.34. The highest BCUT2D eigenvalue weighted by Crippen LogP contribution is 2.29. The van der Waals surface area contributed by atoms with E-state index >= 15 is 0 Å². The average molecular weight is 241 g/mol. The molecule has 0 atom stereocenters. The molecule has 0 heterocycles. The molecule has 2 aliphatic rings. The molecule has 0 aromatic carbocycles. The maximum Gasteiger partial charge on any atom is 0.0880 e. The Hall–Kier alpha value is -0.610. The Balaban J connectivity index is 1.71. The number of oxime groups is 1. The molecule has 17 heavy (non-hydrogen) atoms. The van der Waals surface area contributed by atoms with Crippen LogP contribution in [0.3, 0.4) is 0 Å². The average Bonchev–Trinajstić information content (AvgIpc) is 2.38. The number of ether oxygens (including phenoxy) is 1. The van der Waals surface area contributed by atoms with Gasteiger partial charge in [0.25, 0.3) is 0 Å². The molecule has 0 bridgehead atoms. The highest BCUT2D eigenvalue weighted by atomic mass is 16.5. The summed E-state index contributed by atoms with van der Waals surface area (Å²) in [7, 11) is 0. The van der Waals surface area contributed by atoms with E-state index in [1.165, 1.54) is 6.42 Å². The van der Waals surface area contributed by atoms with E-state index in [0.29, 0.717) is 6.61 Å². The van der Waals surface area contributed by atoms with Crippen LogP contribution in [0.2, 0.25) is 0 Å². The monoisotopic (exact) mass is 241 g/mol. The van der Waals surface area contributed by atoms with Crippen LogP contribution in [0.15, 0.2) is 5.16 Å². The van der Waals surface area contributed by atoms with Gasteiger partial charge in [0.15, 0.2) is 0 Å². The molecule has 0 amide bonds. The van der Waals surface area contributed by atoms with Gasteiger partial charge in [0.2, 0.25) is 0 Å². The van der Waals surface area contributed by atoms with Gasteiger partial charge in [0, 0.05) is 0 Å². The van der Waals surface area contributed by atoms with E-state index in [0.717, 1.165) is 57.1 Å². The molecule has 2 aliphatic carbocycles. The van der Waals surface area contributed by atoms with Crippen molar-refractivity contribution in [1.82, 2.24) is 0 Å². The molecule has 0 saturated heterocycles. The third kappa shape index (κ3) is 3.68. The Kier molecular flexibility index (Phi) is 4.40. The summed E-state index contributed by atoms with van der Waals surface area (Å²) in [5, 5.41) is 22.2. The van der Waals surface area contributed by atoms with E-state index in [2.05, 4.69) is 5.16 Å². The molecule has 2 rings (SSSR count). The van der Waals surface area contributed by atoms with Crippen LogP contribution in [0, 0.1) is 0 Å². The van der Waals surface area contributed by atoms with Gasteiger partial charge in [-0.25, -0.2) is 0 Å². The third-order valence-electron chi connectivity index (χ3n) is 4.02. The summed E-state index contributed by atoms with van der Waals surface area (Å²) in [5.41, 5.74) is 0.296. The number of nitrogens with zero attached hydrogens (tertiary/aromatic N) is 1. The lowest BCUT2D eigenvalue weighted by molar-refractivity contribution is -0.0939. The van der Waals surface area contributed by atoms with Crippen LogP contribution in [-0.2, 0) is 4.74 Å². The lowest BCUT2D eigenvalue weighted by atomic mass is 9.85.